The maximum absolute atomic E-state index is 12.9. The Morgan fingerprint density at radius 1 is 1.17 bits per heavy atom. The second-order valence-corrected chi connectivity index (χ2v) is 7.36. The third-order valence-electron chi connectivity index (χ3n) is 5.38. The highest BCUT2D eigenvalue weighted by Crippen LogP contribution is 2.28. The van der Waals surface area contributed by atoms with Crippen molar-refractivity contribution in [2.75, 3.05) is 45.1 Å². The number of ether oxygens (including phenoxy) is 1. The summed E-state index contributed by atoms with van der Waals surface area (Å²) in [5, 5.41) is 2.97. The molecule has 1 aromatic carbocycles. The van der Waals surface area contributed by atoms with Crippen LogP contribution in [-0.4, -0.2) is 64.7 Å². The van der Waals surface area contributed by atoms with E-state index in [-0.39, 0.29) is 5.91 Å². The molecule has 1 aliphatic heterocycles. The number of benzene rings is 1. The van der Waals surface area contributed by atoms with Crippen LogP contribution >= 0.6 is 0 Å². The van der Waals surface area contributed by atoms with E-state index in [1.54, 1.807) is 0 Å². The second kappa shape index (κ2) is 8.75. The topological polar surface area (TPSA) is 98.3 Å². The first-order valence-corrected chi connectivity index (χ1v) is 10.3. The molecule has 0 bridgehead atoms. The highest BCUT2D eigenvalue weighted by molar-refractivity contribution is 6.10. The number of unbranched alkanes of at least 4 members (excludes halogenated alkanes) is 1. The number of amides is 1. The van der Waals surface area contributed by atoms with Crippen LogP contribution < -0.4 is 11.1 Å². The zero-order valence-electron chi connectivity index (χ0n) is 16.9. The Bertz CT molecular complexity index is 1010. The van der Waals surface area contributed by atoms with Crippen LogP contribution in [0.15, 0.2) is 24.3 Å². The highest BCUT2D eigenvalue weighted by atomic mass is 16.5. The molecular formula is C21H28N6O2. The van der Waals surface area contributed by atoms with Crippen LogP contribution in [0.25, 0.3) is 22.2 Å². The van der Waals surface area contributed by atoms with E-state index in [1.807, 2.05) is 28.8 Å². The Hall–Kier alpha value is -2.71. The smallest absolute Gasteiger partial charge is 0.257 e. The average molecular weight is 396 g/mol. The van der Waals surface area contributed by atoms with Crippen molar-refractivity contribution in [2.45, 2.75) is 26.3 Å². The maximum Gasteiger partial charge on any atom is 0.257 e. The Morgan fingerprint density at radius 2 is 1.90 bits per heavy atom. The van der Waals surface area contributed by atoms with E-state index >= 15 is 0 Å². The lowest BCUT2D eigenvalue weighted by Crippen LogP contribution is -2.38. The van der Waals surface area contributed by atoms with Crippen molar-refractivity contribution in [1.29, 1.82) is 0 Å². The lowest BCUT2D eigenvalue weighted by molar-refractivity contribution is 0.0366. The molecule has 3 aromatic rings. The third kappa shape index (κ3) is 4.04. The van der Waals surface area contributed by atoms with E-state index in [0.29, 0.717) is 35.6 Å². The summed E-state index contributed by atoms with van der Waals surface area (Å²) in [5.74, 6) is 0.244. The molecule has 3 N–H and O–H groups in total. The van der Waals surface area contributed by atoms with Crippen LogP contribution in [-0.2, 0) is 11.3 Å². The Morgan fingerprint density at radius 3 is 2.62 bits per heavy atom. The molecule has 1 fully saturated rings. The van der Waals surface area contributed by atoms with E-state index < -0.39 is 0 Å². The van der Waals surface area contributed by atoms with E-state index in [4.69, 9.17) is 20.4 Å². The van der Waals surface area contributed by atoms with Gasteiger partial charge in [-0.25, -0.2) is 9.97 Å². The first kappa shape index (κ1) is 19.6. The van der Waals surface area contributed by atoms with Crippen LogP contribution in [0.3, 0.4) is 0 Å². The second-order valence-electron chi connectivity index (χ2n) is 7.36. The molecule has 8 heteroatoms. The van der Waals surface area contributed by atoms with Crippen LogP contribution in [0.4, 0.5) is 5.82 Å². The molecule has 0 unspecified atom stereocenters. The predicted octanol–water partition coefficient (Wildman–Crippen LogP) is 2.03. The number of hydrogen-bond donors (Lipinski definition) is 2. The van der Waals surface area contributed by atoms with E-state index in [0.717, 1.165) is 56.7 Å². The van der Waals surface area contributed by atoms with Crippen molar-refractivity contribution in [3.63, 3.8) is 0 Å². The van der Waals surface area contributed by atoms with Gasteiger partial charge in [0.15, 0.2) is 5.65 Å². The zero-order valence-corrected chi connectivity index (χ0v) is 16.9. The van der Waals surface area contributed by atoms with Gasteiger partial charge in [0, 0.05) is 32.7 Å². The van der Waals surface area contributed by atoms with Gasteiger partial charge >= 0.3 is 0 Å². The molecule has 2 aromatic heterocycles. The van der Waals surface area contributed by atoms with Gasteiger partial charge in [-0.05, 0) is 18.6 Å². The molecule has 0 spiro atoms. The summed E-state index contributed by atoms with van der Waals surface area (Å²) < 4.78 is 7.36. The van der Waals surface area contributed by atoms with Crippen LogP contribution in [0.1, 0.15) is 30.1 Å². The summed E-state index contributed by atoms with van der Waals surface area (Å²) in [6.45, 7) is 7.48. The number of aromatic nitrogens is 3. The van der Waals surface area contributed by atoms with Gasteiger partial charge in [0.1, 0.15) is 16.9 Å². The van der Waals surface area contributed by atoms with Crippen molar-refractivity contribution in [3.8, 4) is 0 Å². The Kier molecular flexibility index (Phi) is 5.92. The van der Waals surface area contributed by atoms with Gasteiger partial charge < -0.3 is 20.4 Å². The maximum atomic E-state index is 12.9. The number of para-hydroxylation sites is 2. The van der Waals surface area contributed by atoms with Gasteiger partial charge in [0.25, 0.3) is 5.91 Å². The number of nitrogens with two attached hydrogens (primary N) is 1. The standard InChI is InChI=1S/C21H28N6O2/c1-2-3-8-23-21(28)17-18-20(25-16-7-5-4-6-15(16)24-18)27(19(17)22)10-9-26-11-13-29-14-12-26/h4-7H,2-3,8-14,22H2,1H3,(H,23,28). The largest absolute Gasteiger partial charge is 0.384 e. The number of anilines is 1. The minimum absolute atomic E-state index is 0.185. The highest BCUT2D eigenvalue weighted by Gasteiger charge is 2.24. The summed E-state index contributed by atoms with van der Waals surface area (Å²) >= 11 is 0. The molecule has 1 aliphatic rings. The number of fused-ring (bicyclic) bond motifs is 2. The van der Waals surface area contributed by atoms with Crippen molar-refractivity contribution in [2.24, 2.45) is 0 Å². The minimum atomic E-state index is -0.185. The van der Waals surface area contributed by atoms with Gasteiger partial charge in [-0.15, -0.1) is 0 Å². The molecule has 0 radical (unpaired) electrons. The van der Waals surface area contributed by atoms with Crippen molar-refractivity contribution in [1.82, 2.24) is 24.8 Å². The lowest BCUT2D eigenvalue weighted by atomic mass is 10.2. The molecule has 1 saturated heterocycles. The van der Waals surface area contributed by atoms with E-state index in [9.17, 15) is 4.79 Å². The molecule has 4 rings (SSSR count). The van der Waals surface area contributed by atoms with Crippen molar-refractivity contribution < 1.29 is 9.53 Å². The lowest BCUT2D eigenvalue weighted by Gasteiger charge is -2.26. The number of nitrogens with zero attached hydrogens (tertiary/aromatic N) is 4. The molecule has 1 amide bonds. The molecule has 3 heterocycles. The van der Waals surface area contributed by atoms with Gasteiger partial charge in [-0.1, -0.05) is 25.5 Å². The number of nitrogens with one attached hydrogen (secondary N) is 1. The summed E-state index contributed by atoms with van der Waals surface area (Å²) in [4.78, 5) is 24.8. The fourth-order valence-corrected chi connectivity index (χ4v) is 3.70. The first-order valence-electron chi connectivity index (χ1n) is 10.3. The molecule has 0 atom stereocenters. The molecular weight excluding hydrogens is 368 g/mol. The number of rotatable bonds is 7. The fraction of sp³-hybridized carbons (Fsp3) is 0.476. The summed E-state index contributed by atoms with van der Waals surface area (Å²) in [6.07, 6.45) is 1.94. The first-order chi connectivity index (χ1) is 14.2. The molecule has 0 aliphatic carbocycles. The molecule has 29 heavy (non-hydrogen) atoms. The zero-order chi connectivity index (χ0) is 20.2. The summed E-state index contributed by atoms with van der Waals surface area (Å²) in [7, 11) is 0. The van der Waals surface area contributed by atoms with Crippen molar-refractivity contribution in [3.05, 3.63) is 29.8 Å². The SMILES string of the molecule is CCCCNC(=O)c1c(N)n(CCN2CCOCC2)c2nc3ccccc3nc12. The number of hydrogen-bond acceptors (Lipinski definition) is 6. The van der Waals surface area contributed by atoms with Gasteiger partial charge in [-0.2, -0.15) is 0 Å². The van der Waals surface area contributed by atoms with Crippen LogP contribution in [0, 0.1) is 0 Å². The Balaban J connectivity index is 1.73. The van der Waals surface area contributed by atoms with Crippen LogP contribution in [0.5, 0.6) is 0 Å². The quantitative estimate of drug-likeness (QED) is 0.593. The Labute approximate surface area is 170 Å². The van der Waals surface area contributed by atoms with Gasteiger partial charge in [0.05, 0.1) is 24.2 Å². The van der Waals surface area contributed by atoms with Gasteiger partial charge in [0.2, 0.25) is 0 Å². The van der Waals surface area contributed by atoms with Crippen LogP contribution in [0.2, 0.25) is 0 Å². The minimum Gasteiger partial charge on any atom is -0.384 e. The molecule has 154 valence electrons. The number of carbonyl (C=O) groups excluding carboxylic acids is 1. The predicted molar refractivity (Wildman–Crippen MR) is 114 cm³/mol. The summed E-state index contributed by atoms with van der Waals surface area (Å²) in [6, 6.07) is 7.69. The third-order valence-corrected chi connectivity index (χ3v) is 5.38. The van der Waals surface area contributed by atoms with Crippen molar-refractivity contribution >= 4 is 33.9 Å². The van der Waals surface area contributed by atoms with E-state index in [1.165, 1.54) is 0 Å². The number of carbonyl (C=O) groups is 1. The number of morpholine rings is 1. The fourth-order valence-electron chi connectivity index (χ4n) is 3.70. The number of nitrogen functional groups attached to an aromatic ring is 1. The molecule has 8 nitrogen and oxygen atoms in total. The monoisotopic (exact) mass is 396 g/mol. The van der Waals surface area contributed by atoms with Gasteiger partial charge in [-0.3, -0.25) is 9.69 Å². The van der Waals surface area contributed by atoms with E-state index in [2.05, 4.69) is 17.1 Å². The normalized spacial score (nSPS) is 15.2. The summed E-state index contributed by atoms with van der Waals surface area (Å²) in [5.41, 5.74) is 9.69. The average Bonchev–Trinajstić information content (AvgIpc) is 3.01. The molecule has 0 saturated carbocycles.